The van der Waals surface area contributed by atoms with E-state index in [0.29, 0.717) is 5.69 Å². The fraction of sp³-hybridized carbons (Fsp3) is 0.379. The average molecular weight is 433 g/mol. The van der Waals surface area contributed by atoms with E-state index in [4.69, 9.17) is 0 Å². The van der Waals surface area contributed by atoms with Crippen molar-refractivity contribution in [3.8, 4) is 6.07 Å². The second-order valence-electron chi connectivity index (χ2n) is 7.72. The molecule has 1 N–H and O–H groups in total. The first-order valence-electron chi connectivity index (χ1n) is 11.6. The number of hydrogen-bond donors (Lipinski definition) is 1. The summed E-state index contributed by atoms with van der Waals surface area (Å²) in [5.74, 6) is -0.404. The zero-order valence-electron chi connectivity index (χ0n) is 21.2. The van der Waals surface area contributed by atoms with Gasteiger partial charge in [-0.25, -0.2) is 0 Å². The van der Waals surface area contributed by atoms with Gasteiger partial charge in [0.25, 0.3) is 5.91 Å². The molecule has 1 amide bonds. The molecule has 2 aromatic rings. The van der Waals surface area contributed by atoms with Gasteiger partial charge in [0.05, 0.1) is 0 Å². The Morgan fingerprint density at radius 1 is 0.938 bits per heavy atom. The summed E-state index contributed by atoms with van der Waals surface area (Å²) < 4.78 is 0. The normalized spacial score (nSPS) is 9.91. The third-order valence-corrected chi connectivity index (χ3v) is 4.40. The van der Waals surface area contributed by atoms with Crippen LogP contribution in [0.25, 0.3) is 10.8 Å². The number of nitrogens with zero attached hydrogens (tertiary/aromatic N) is 1. The van der Waals surface area contributed by atoms with Gasteiger partial charge in [0.15, 0.2) is 0 Å². The predicted molar refractivity (Wildman–Crippen MR) is 141 cm³/mol. The first-order valence-corrected chi connectivity index (χ1v) is 11.6. The molecule has 32 heavy (non-hydrogen) atoms. The van der Waals surface area contributed by atoms with Crippen molar-refractivity contribution in [1.82, 2.24) is 0 Å². The SMILES string of the molecule is CC.CC(C)=CC(/C=C(/C#N)C(=O)Nc1ccc2ccccc2c1)=C(C)C.CCCCC. The number of carbonyl (C=O) groups is 1. The van der Waals surface area contributed by atoms with Crippen LogP contribution in [-0.4, -0.2) is 5.91 Å². The van der Waals surface area contributed by atoms with Crippen molar-refractivity contribution in [3.05, 3.63) is 76.9 Å². The van der Waals surface area contributed by atoms with Crippen LogP contribution in [0.2, 0.25) is 0 Å². The molecule has 0 saturated heterocycles. The molecule has 0 atom stereocenters. The summed E-state index contributed by atoms with van der Waals surface area (Å²) in [4.78, 5) is 12.5. The van der Waals surface area contributed by atoms with Gasteiger partial charge < -0.3 is 5.32 Å². The van der Waals surface area contributed by atoms with E-state index in [1.807, 2.05) is 96.2 Å². The molecule has 0 bridgehead atoms. The van der Waals surface area contributed by atoms with Gasteiger partial charge in [-0.05, 0) is 62.2 Å². The monoisotopic (exact) mass is 432 g/mol. The Balaban J connectivity index is 0.00000121. The lowest BCUT2D eigenvalue weighted by Crippen LogP contribution is -2.13. The lowest BCUT2D eigenvalue weighted by molar-refractivity contribution is -0.112. The van der Waals surface area contributed by atoms with E-state index in [0.717, 1.165) is 27.5 Å². The van der Waals surface area contributed by atoms with Gasteiger partial charge in [-0.1, -0.05) is 94.5 Å². The number of carbonyl (C=O) groups excluding carboxylic acids is 1. The van der Waals surface area contributed by atoms with E-state index in [1.54, 1.807) is 6.08 Å². The molecule has 0 heterocycles. The van der Waals surface area contributed by atoms with Crippen LogP contribution < -0.4 is 5.32 Å². The number of benzene rings is 2. The summed E-state index contributed by atoms with van der Waals surface area (Å²) in [5.41, 5.74) is 3.80. The molecular weight excluding hydrogens is 392 g/mol. The smallest absolute Gasteiger partial charge is 0.266 e. The molecule has 0 aromatic heterocycles. The fourth-order valence-electron chi connectivity index (χ4n) is 2.76. The molecule has 3 heteroatoms. The number of nitriles is 1. The van der Waals surface area contributed by atoms with E-state index in [-0.39, 0.29) is 5.57 Å². The van der Waals surface area contributed by atoms with E-state index in [1.165, 1.54) is 19.3 Å². The fourth-order valence-corrected chi connectivity index (χ4v) is 2.76. The maximum atomic E-state index is 12.5. The second kappa shape index (κ2) is 16.6. The highest BCUT2D eigenvalue weighted by atomic mass is 16.1. The van der Waals surface area contributed by atoms with Gasteiger partial charge in [-0.15, -0.1) is 0 Å². The van der Waals surface area contributed by atoms with Crippen molar-refractivity contribution < 1.29 is 4.79 Å². The summed E-state index contributed by atoms with van der Waals surface area (Å²) in [6.45, 7) is 16.3. The molecule has 0 saturated carbocycles. The van der Waals surface area contributed by atoms with Crippen molar-refractivity contribution in [3.63, 3.8) is 0 Å². The molecule has 0 aliphatic heterocycles. The molecule has 0 fully saturated rings. The summed E-state index contributed by atoms with van der Waals surface area (Å²) >= 11 is 0. The van der Waals surface area contributed by atoms with Crippen molar-refractivity contribution in [2.45, 2.75) is 74.7 Å². The van der Waals surface area contributed by atoms with Gasteiger partial charge in [-0.3, -0.25) is 4.79 Å². The van der Waals surface area contributed by atoms with Crippen LogP contribution in [0.3, 0.4) is 0 Å². The number of nitrogens with one attached hydrogen (secondary N) is 1. The van der Waals surface area contributed by atoms with E-state index in [9.17, 15) is 10.1 Å². The van der Waals surface area contributed by atoms with E-state index >= 15 is 0 Å². The second-order valence-corrected chi connectivity index (χ2v) is 7.72. The molecule has 0 unspecified atom stereocenters. The number of hydrogen-bond acceptors (Lipinski definition) is 2. The quantitative estimate of drug-likeness (QED) is 0.282. The largest absolute Gasteiger partial charge is 0.321 e. The van der Waals surface area contributed by atoms with Gasteiger partial charge in [0.1, 0.15) is 11.6 Å². The number of allylic oxidation sites excluding steroid dienone is 5. The number of rotatable bonds is 6. The Labute approximate surface area is 195 Å². The summed E-state index contributed by atoms with van der Waals surface area (Å²) in [5, 5.41) is 14.3. The third-order valence-electron chi connectivity index (χ3n) is 4.40. The highest BCUT2D eigenvalue weighted by Crippen LogP contribution is 2.20. The molecule has 0 aliphatic carbocycles. The Bertz CT molecular complexity index is 978. The first-order chi connectivity index (χ1) is 15.3. The average Bonchev–Trinajstić information content (AvgIpc) is 2.78. The number of anilines is 1. The minimum Gasteiger partial charge on any atom is -0.321 e. The molecule has 0 radical (unpaired) electrons. The van der Waals surface area contributed by atoms with E-state index < -0.39 is 5.91 Å². The summed E-state index contributed by atoms with van der Waals surface area (Å²) in [7, 11) is 0. The summed E-state index contributed by atoms with van der Waals surface area (Å²) in [6, 6.07) is 15.6. The van der Waals surface area contributed by atoms with Crippen LogP contribution in [0, 0.1) is 11.3 Å². The molecule has 172 valence electrons. The van der Waals surface area contributed by atoms with Crippen molar-refractivity contribution >= 4 is 22.4 Å². The minimum atomic E-state index is -0.404. The predicted octanol–water partition coefficient (Wildman–Crippen LogP) is 8.75. The minimum absolute atomic E-state index is 0.0851. The number of amides is 1. The Morgan fingerprint density at radius 2 is 1.53 bits per heavy atom. The van der Waals surface area contributed by atoms with Gasteiger partial charge in [-0.2, -0.15) is 5.26 Å². The van der Waals surface area contributed by atoms with Crippen molar-refractivity contribution in [1.29, 1.82) is 5.26 Å². The highest BCUT2D eigenvalue weighted by molar-refractivity contribution is 6.07. The van der Waals surface area contributed by atoms with Gasteiger partial charge in [0, 0.05) is 5.69 Å². The molecule has 2 aromatic carbocycles. The van der Waals surface area contributed by atoms with Gasteiger partial charge >= 0.3 is 0 Å². The van der Waals surface area contributed by atoms with Crippen LogP contribution in [0.15, 0.2) is 76.9 Å². The topological polar surface area (TPSA) is 52.9 Å². The van der Waals surface area contributed by atoms with Crippen molar-refractivity contribution in [2.75, 3.05) is 5.32 Å². The Morgan fingerprint density at radius 3 is 2.00 bits per heavy atom. The first kappa shape index (κ1) is 28.9. The van der Waals surface area contributed by atoms with Crippen LogP contribution in [0.4, 0.5) is 5.69 Å². The lowest BCUT2D eigenvalue weighted by Gasteiger charge is -2.07. The lowest BCUT2D eigenvalue weighted by atomic mass is 10.0. The zero-order chi connectivity index (χ0) is 24.5. The van der Waals surface area contributed by atoms with Gasteiger partial charge in [0.2, 0.25) is 0 Å². The highest BCUT2D eigenvalue weighted by Gasteiger charge is 2.10. The standard InChI is InChI=1S/C22H22N2O.C5H12.C2H6/c1-15(2)11-19(16(3)4)12-20(14-23)22(25)24-21-10-9-17-7-5-6-8-18(17)13-21;1-3-5-4-2;1-2/h5-13H,1-4H3,(H,24,25);3-5H2,1-2H3;1-2H3/b20-12-;;. The zero-order valence-corrected chi connectivity index (χ0v) is 21.2. The maximum absolute atomic E-state index is 12.5. The molecular formula is C29H40N2O. The molecule has 0 spiro atoms. The molecule has 3 nitrogen and oxygen atoms in total. The maximum Gasteiger partial charge on any atom is 0.266 e. The Hall–Kier alpha value is -3.12. The van der Waals surface area contributed by atoms with Crippen LogP contribution >= 0.6 is 0 Å². The number of unbranched alkanes of at least 4 members (excludes halogenated alkanes) is 2. The number of fused-ring (bicyclic) bond motifs is 1. The summed E-state index contributed by atoms with van der Waals surface area (Å²) in [6.07, 6.45) is 7.68. The van der Waals surface area contributed by atoms with E-state index in [2.05, 4.69) is 19.2 Å². The molecule has 2 rings (SSSR count). The van der Waals surface area contributed by atoms with Crippen molar-refractivity contribution in [2.24, 2.45) is 0 Å². The van der Waals surface area contributed by atoms with Crippen LogP contribution in [0.1, 0.15) is 74.7 Å². The third kappa shape index (κ3) is 10.8. The van der Waals surface area contributed by atoms with Crippen LogP contribution in [0.5, 0.6) is 0 Å². The Kier molecular flexibility index (Phi) is 14.9. The molecule has 0 aliphatic rings. The van der Waals surface area contributed by atoms with Crippen LogP contribution in [-0.2, 0) is 4.79 Å².